The Morgan fingerprint density at radius 1 is 1.05 bits per heavy atom. The first-order valence-electron chi connectivity index (χ1n) is 6.07. The van der Waals surface area contributed by atoms with E-state index >= 15 is 0 Å². The van der Waals surface area contributed by atoms with E-state index in [9.17, 15) is 0 Å². The zero-order valence-electron chi connectivity index (χ0n) is 11.3. The zero-order chi connectivity index (χ0) is 12.8. The van der Waals surface area contributed by atoms with Gasteiger partial charge in [0.05, 0.1) is 20.0 Å². The molecule has 0 aliphatic carbocycles. The van der Waals surface area contributed by atoms with Gasteiger partial charge in [-0.15, -0.1) is 23.6 Å². The first kappa shape index (κ1) is 14.6. The molecule has 3 heteroatoms. The van der Waals surface area contributed by atoms with Crippen LogP contribution in [0.3, 0.4) is 0 Å². The van der Waals surface area contributed by atoms with E-state index in [1.807, 2.05) is 18.3 Å². The number of pyridine rings is 1. The largest absolute Gasteiger partial charge is 0.304 e. The molecule has 0 aliphatic heterocycles. The van der Waals surface area contributed by atoms with Crippen molar-refractivity contribution in [3.63, 3.8) is 0 Å². The van der Waals surface area contributed by atoms with E-state index in [4.69, 9.17) is 0 Å². The fourth-order valence-corrected chi connectivity index (χ4v) is 3.81. The second-order valence-electron chi connectivity index (χ2n) is 5.44. The van der Waals surface area contributed by atoms with Crippen LogP contribution in [0.4, 0.5) is 0 Å². The molecule has 1 heterocycles. The van der Waals surface area contributed by atoms with E-state index < -0.39 is 7.26 Å². The molecule has 0 spiro atoms. The van der Waals surface area contributed by atoms with E-state index in [1.165, 1.54) is 16.1 Å². The molecule has 1 aromatic heterocycles. The number of aromatic nitrogens is 1. The minimum atomic E-state index is -1.04. The third-order valence-electron chi connectivity index (χ3n) is 3.24. The second-order valence-corrected chi connectivity index (χ2v) is 9.95. The molecule has 0 saturated carbocycles. The Bertz CT molecular complexity index is 731. The molecule has 0 bridgehead atoms. The van der Waals surface area contributed by atoms with Crippen molar-refractivity contribution in [2.75, 3.05) is 20.0 Å². The van der Waals surface area contributed by atoms with Crippen LogP contribution in [0.25, 0.3) is 21.7 Å². The summed E-state index contributed by atoms with van der Waals surface area (Å²) in [5.41, 5.74) is 1.06. The van der Waals surface area contributed by atoms with E-state index in [1.54, 1.807) is 0 Å². The van der Waals surface area contributed by atoms with Crippen LogP contribution in [0.5, 0.6) is 0 Å². The quantitative estimate of drug-likeness (QED) is 0.316. The molecule has 3 aromatic rings. The first-order chi connectivity index (χ1) is 8.57. The maximum atomic E-state index is 4.51. The summed E-state index contributed by atoms with van der Waals surface area (Å²) in [6.45, 7) is 7.05. The Balaban J connectivity index is 0.00000133. The molecule has 99 valence electrons. The summed E-state index contributed by atoms with van der Waals surface area (Å²) in [7, 11) is -1.04. The van der Waals surface area contributed by atoms with Gasteiger partial charge in [-0.3, -0.25) is 0 Å². The Hall–Kier alpha value is -0.811. The van der Waals surface area contributed by atoms with Gasteiger partial charge in [-0.2, -0.15) is 0 Å². The van der Waals surface area contributed by atoms with Gasteiger partial charge in [0.2, 0.25) is 0 Å². The van der Waals surface area contributed by atoms with Crippen molar-refractivity contribution in [3.8, 4) is 0 Å². The topological polar surface area (TPSA) is 12.9 Å². The fourth-order valence-electron chi connectivity index (χ4n) is 2.38. The minimum absolute atomic E-state index is 0. The third kappa shape index (κ3) is 2.58. The predicted octanol–water partition coefficient (Wildman–Crippen LogP) is 3.72. The van der Waals surface area contributed by atoms with Crippen molar-refractivity contribution in [1.29, 1.82) is 0 Å². The summed E-state index contributed by atoms with van der Waals surface area (Å²) in [6.07, 6.45) is 1.86. The first-order valence-corrected chi connectivity index (χ1v) is 9.20. The zero-order valence-corrected chi connectivity index (χ0v) is 14.6. The maximum Gasteiger partial charge on any atom is 0.0515 e. The molecule has 0 N–H and O–H groups in total. The molecule has 0 unspecified atom stereocenters. The fraction of sp³-hybridized carbons (Fsp3) is 0.188. The molecule has 2 aromatic carbocycles. The Morgan fingerprint density at radius 2 is 1.84 bits per heavy atom. The van der Waals surface area contributed by atoms with Crippen LogP contribution < -0.4 is 5.30 Å². The summed E-state index contributed by atoms with van der Waals surface area (Å²) in [6, 6.07) is 16.1. The van der Waals surface area contributed by atoms with Crippen LogP contribution in [-0.4, -0.2) is 25.0 Å². The average Bonchev–Trinajstić information content (AvgIpc) is 2.36. The van der Waals surface area contributed by atoms with E-state index in [-0.39, 0.29) is 20.1 Å². The van der Waals surface area contributed by atoms with Crippen molar-refractivity contribution < 1.29 is 20.1 Å². The SMILES string of the molecule is C[P+](C)(C)c1cc[c-]c2c1ccc1cccnc12.[Ir]. The Kier molecular flexibility index (Phi) is 4.06. The number of nitrogens with zero attached hydrogens (tertiary/aromatic N) is 1. The molecular formula is C16H16IrNP. The van der Waals surface area contributed by atoms with E-state index in [2.05, 4.69) is 55.3 Å². The van der Waals surface area contributed by atoms with Crippen molar-refractivity contribution in [2.24, 2.45) is 0 Å². The summed E-state index contributed by atoms with van der Waals surface area (Å²) < 4.78 is 0. The molecule has 19 heavy (non-hydrogen) atoms. The Morgan fingerprint density at radius 3 is 2.58 bits per heavy atom. The van der Waals surface area contributed by atoms with Gasteiger partial charge in [-0.05, 0) is 17.0 Å². The summed E-state index contributed by atoms with van der Waals surface area (Å²) in [5.74, 6) is 0. The van der Waals surface area contributed by atoms with Crippen LogP contribution >= 0.6 is 7.26 Å². The van der Waals surface area contributed by atoms with Gasteiger partial charge in [0, 0.05) is 38.9 Å². The Labute approximate surface area is 128 Å². The normalized spacial score (nSPS) is 11.5. The van der Waals surface area contributed by atoms with Crippen LogP contribution in [0.1, 0.15) is 0 Å². The van der Waals surface area contributed by atoms with Crippen molar-refractivity contribution in [1.82, 2.24) is 4.98 Å². The molecule has 1 nitrogen and oxygen atoms in total. The predicted molar refractivity (Wildman–Crippen MR) is 82.4 cm³/mol. The molecular weight excluding hydrogens is 429 g/mol. The average molecular weight is 446 g/mol. The number of fused-ring (bicyclic) bond motifs is 3. The van der Waals surface area contributed by atoms with Crippen molar-refractivity contribution in [3.05, 3.63) is 48.7 Å². The second kappa shape index (κ2) is 5.29. The summed E-state index contributed by atoms with van der Waals surface area (Å²) >= 11 is 0. The van der Waals surface area contributed by atoms with E-state index in [0.29, 0.717) is 0 Å². The van der Waals surface area contributed by atoms with Crippen LogP contribution in [0.15, 0.2) is 42.6 Å². The number of hydrogen-bond acceptors (Lipinski definition) is 1. The third-order valence-corrected chi connectivity index (χ3v) is 5.08. The summed E-state index contributed by atoms with van der Waals surface area (Å²) in [5, 5.41) is 5.11. The smallest absolute Gasteiger partial charge is 0.0515 e. The molecule has 0 fully saturated rings. The van der Waals surface area contributed by atoms with Crippen LogP contribution in [0.2, 0.25) is 0 Å². The van der Waals surface area contributed by atoms with Crippen molar-refractivity contribution >= 4 is 34.2 Å². The van der Waals surface area contributed by atoms with Gasteiger partial charge in [0.15, 0.2) is 0 Å². The van der Waals surface area contributed by atoms with Gasteiger partial charge in [-0.25, -0.2) is 0 Å². The minimum Gasteiger partial charge on any atom is -0.304 e. The van der Waals surface area contributed by atoms with Crippen molar-refractivity contribution in [2.45, 2.75) is 0 Å². The molecule has 1 radical (unpaired) electrons. The monoisotopic (exact) mass is 446 g/mol. The van der Waals surface area contributed by atoms with Gasteiger partial charge in [0.25, 0.3) is 0 Å². The summed E-state index contributed by atoms with van der Waals surface area (Å²) in [4.78, 5) is 4.51. The van der Waals surface area contributed by atoms with Gasteiger partial charge >= 0.3 is 0 Å². The standard InChI is InChI=1S/C16H16NP.Ir/c1-18(2,3)15-8-4-7-14-13(15)10-9-12-6-5-11-17-16(12)14;/h4-6,8-11H,1-3H3;. The van der Waals surface area contributed by atoms with Gasteiger partial charge in [-0.1, -0.05) is 23.6 Å². The molecule has 0 amide bonds. The molecule has 0 aliphatic rings. The van der Waals surface area contributed by atoms with Gasteiger partial charge in [0.1, 0.15) is 0 Å². The van der Waals surface area contributed by atoms with Crippen LogP contribution in [-0.2, 0) is 20.1 Å². The van der Waals surface area contributed by atoms with E-state index in [0.717, 1.165) is 10.9 Å². The molecule has 3 rings (SSSR count). The molecule has 0 atom stereocenters. The number of benzene rings is 2. The molecule has 0 saturated heterocycles. The number of rotatable bonds is 1. The maximum absolute atomic E-state index is 4.51. The van der Waals surface area contributed by atoms with Crippen LogP contribution in [0, 0.1) is 6.07 Å². The van der Waals surface area contributed by atoms with Gasteiger partial charge < -0.3 is 4.98 Å². The number of hydrogen-bond donors (Lipinski definition) is 0.